The highest BCUT2D eigenvalue weighted by Gasteiger charge is 2.13. The van der Waals surface area contributed by atoms with Crippen LogP contribution in [0.2, 0.25) is 0 Å². The van der Waals surface area contributed by atoms with Gasteiger partial charge < -0.3 is 14.8 Å². The van der Waals surface area contributed by atoms with Gasteiger partial charge in [0.05, 0.1) is 17.4 Å². The van der Waals surface area contributed by atoms with E-state index in [4.69, 9.17) is 9.47 Å². The quantitative estimate of drug-likeness (QED) is 0.478. The Morgan fingerprint density at radius 3 is 2.52 bits per heavy atom. The van der Waals surface area contributed by atoms with Gasteiger partial charge in [0.2, 0.25) is 0 Å². The molecule has 0 spiro atoms. The molecule has 2 aromatic carbocycles. The van der Waals surface area contributed by atoms with Gasteiger partial charge >= 0.3 is 0 Å². The van der Waals surface area contributed by atoms with Crippen LogP contribution in [0.1, 0.15) is 54.0 Å². The molecule has 0 aliphatic carbocycles. The summed E-state index contributed by atoms with van der Waals surface area (Å²) < 4.78 is 11.4. The molecule has 31 heavy (non-hydrogen) atoms. The van der Waals surface area contributed by atoms with E-state index in [-0.39, 0.29) is 12.0 Å². The average Bonchev–Trinajstić information content (AvgIpc) is 2.74. The Bertz CT molecular complexity index is 1050. The molecule has 0 saturated heterocycles. The third-order valence-corrected chi connectivity index (χ3v) is 5.15. The molecule has 5 heteroatoms. The number of methoxy groups -OCH3 is 1. The lowest BCUT2D eigenvalue weighted by molar-refractivity contribution is 0.102. The molecule has 5 nitrogen and oxygen atoms in total. The van der Waals surface area contributed by atoms with Crippen molar-refractivity contribution in [1.29, 1.82) is 0 Å². The first-order valence-corrected chi connectivity index (χ1v) is 10.5. The number of nitrogens with one attached hydrogen (secondary N) is 1. The van der Waals surface area contributed by atoms with E-state index < -0.39 is 0 Å². The summed E-state index contributed by atoms with van der Waals surface area (Å²) >= 11 is 0. The Labute approximate surface area is 184 Å². The van der Waals surface area contributed by atoms with Gasteiger partial charge in [-0.3, -0.25) is 9.78 Å². The monoisotopic (exact) mass is 418 g/mol. The van der Waals surface area contributed by atoms with Crippen LogP contribution >= 0.6 is 0 Å². The number of carbonyl (C=O) groups is 1. The lowest BCUT2D eigenvalue weighted by Gasteiger charge is -2.14. The SMILES string of the molecule is COC(C)Cc1ccc(C(=O)Nc2cccc(Oc3ccccc3C(C)C)c2)c(C)n1. The van der Waals surface area contributed by atoms with Gasteiger partial charge in [0.25, 0.3) is 5.91 Å². The molecular weight excluding hydrogens is 388 g/mol. The number of ether oxygens (including phenoxy) is 2. The van der Waals surface area contributed by atoms with Crippen molar-refractivity contribution in [2.45, 2.75) is 46.1 Å². The molecule has 1 aromatic heterocycles. The molecule has 3 rings (SSSR count). The second-order valence-corrected chi connectivity index (χ2v) is 7.96. The van der Waals surface area contributed by atoms with Crippen molar-refractivity contribution in [2.24, 2.45) is 0 Å². The molecule has 0 fully saturated rings. The number of aryl methyl sites for hydroxylation is 1. The van der Waals surface area contributed by atoms with Crippen molar-refractivity contribution in [3.63, 3.8) is 0 Å². The van der Waals surface area contributed by atoms with Crippen LogP contribution in [-0.2, 0) is 11.2 Å². The van der Waals surface area contributed by atoms with Gasteiger partial charge in [-0.05, 0) is 55.7 Å². The maximum absolute atomic E-state index is 12.8. The Morgan fingerprint density at radius 1 is 1.03 bits per heavy atom. The minimum atomic E-state index is -0.198. The number of benzene rings is 2. The van der Waals surface area contributed by atoms with Crippen molar-refractivity contribution in [1.82, 2.24) is 4.98 Å². The zero-order valence-electron chi connectivity index (χ0n) is 18.8. The molecule has 0 bridgehead atoms. The fraction of sp³-hybridized carbons (Fsp3) is 0.308. The molecule has 0 radical (unpaired) electrons. The van der Waals surface area contributed by atoms with E-state index in [0.29, 0.717) is 35.0 Å². The van der Waals surface area contributed by atoms with E-state index >= 15 is 0 Å². The fourth-order valence-corrected chi connectivity index (χ4v) is 3.36. The molecular formula is C26H30N2O3. The number of hydrogen-bond acceptors (Lipinski definition) is 4. The standard InChI is InChI=1S/C26H30N2O3/c1-17(2)23-11-6-7-12-25(23)31-22-10-8-9-20(16-22)28-26(29)24-14-13-21(27-19(24)4)15-18(3)30-5/h6-14,16-18H,15H2,1-5H3,(H,28,29). The first-order chi connectivity index (χ1) is 14.9. The predicted molar refractivity (Wildman–Crippen MR) is 124 cm³/mol. The maximum atomic E-state index is 12.8. The molecule has 1 N–H and O–H groups in total. The number of aromatic nitrogens is 1. The summed E-state index contributed by atoms with van der Waals surface area (Å²) in [6.45, 7) is 8.11. The normalized spacial score (nSPS) is 11.9. The third-order valence-electron chi connectivity index (χ3n) is 5.15. The number of para-hydroxylation sites is 1. The Kier molecular flexibility index (Phi) is 7.42. The summed E-state index contributed by atoms with van der Waals surface area (Å²) in [6, 6.07) is 19.1. The first-order valence-electron chi connectivity index (χ1n) is 10.5. The highest BCUT2D eigenvalue weighted by atomic mass is 16.5. The number of amides is 1. The molecule has 3 aromatic rings. The van der Waals surface area contributed by atoms with Gasteiger partial charge in [0.15, 0.2) is 0 Å². The van der Waals surface area contributed by atoms with E-state index in [2.05, 4.69) is 30.2 Å². The van der Waals surface area contributed by atoms with Crippen molar-refractivity contribution < 1.29 is 14.3 Å². The molecule has 1 atom stereocenters. The number of nitrogens with zero attached hydrogens (tertiary/aromatic N) is 1. The van der Waals surface area contributed by atoms with E-state index in [1.54, 1.807) is 7.11 Å². The predicted octanol–water partition coefficient (Wildman–Crippen LogP) is 6.14. The topological polar surface area (TPSA) is 60.5 Å². The number of rotatable bonds is 8. The Balaban J connectivity index is 1.73. The second kappa shape index (κ2) is 10.2. The highest BCUT2D eigenvalue weighted by molar-refractivity contribution is 6.05. The highest BCUT2D eigenvalue weighted by Crippen LogP contribution is 2.31. The smallest absolute Gasteiger partial charge is 0.257 e. The fourth-order valence-electron chi connectivity index (χ4n) is 3.36. The van der Waals surface area contributed by atoms with Gasteiger partial charge in [0, 0.05) is 31.0 Å². The molecule has 1 heterocycles. The van der Waals surface area contributed by atoms with E-state index in [1.165, 1.54) is 0 Å². The summed E-state index contributed by atoms with van der Waals surface area (Å²) in [6.07, 6.45) is 0.784. The van der Waals surface area contributed by atoms with E-state index in [9.17, 15) is 4.79 Å². The van der Waals surface area contributed by atoms with Crippen LogP contribution in [0, 0.1) is 6.92 Å². The van der Waals surface area contributed by atoms with Crippen LogP contribution in [0.5, 0.6) is 11.5 Å². The van der Waals surface area contributed by atoms with Crippen molar-refractivity contribution in [2.75, 3.05) is 12.4 Å². The minimum absolute atomic E-state index is 0.0788. The molecule has 0 saturated carbocycles. The third kappa shape index (κ3) is 5.92. The van der Waals surface area contributed by atoms with Crippen LogP contribution < -0.4 is 10.1 Å². The number of pyridine rings is 1. The van der Waals surface area contributed by atoms with Crippen molar-refractivity contribution in [3.8, 4) is 11.5 Å². The largest absolute Gasteiger partial charge is 0.457 e. The van der Waals surface area contributed by atoms with Crippen LogP contribution in [0.25, 0.3) is 0 Å². The minimum Gasteiger partial charge on any atom is -0.457 e. The average molecular weight is 419 g/mol. The van der Waals surface area contributed by atoms with Crippen LogP contribution in [0.15, 0.2) is 60.7 Å². The van der Waals surface area contributed by atoms with E-state index in [0.717, 1.165) is 17.0 Å². The van der Waals surface area contributed by atoms with Crippen LogP contribution in [-0.4, -0.2) is 24.1 Å². The van der Waals surface area contributed by atoms with Gasteiger partial charge in [-0.15, -0.1) is 0 Å². The first kappa shape index (κ1) is 22.5. The number of hydrogen-bond donors (Lipinski definition) is 1. The molecule has 0 aliphatic heterocycles. The zero-order chi connectivity index (χ0) is 22.4. The van der Waals surface area contributed by atoms with Crippen LogP contribution in [0.4, 0.5) is 5.69 Å². The van der Waals surface area contributed by atoms with Gasteiger partial charge in [-0.1, -0.05) is 38.1 Å². The summed E-state index contributed by atoms with van der Waals surface area (Å²) in [4.78, 5) is 17.4. The number of anilines is 1. The Morgan fingerprint density at radius 2 is 1.81 bits per heavy atom. The zero-order valence-corrected chi connectivity index (χ0v) is 18.8. The molecule has 1 unspecified atom stereocenters. The lowest BCUT2D eigenvalue weighted by Crippen LogP contribution is -2.16. The van der Waals surface area contributed by atoms with Gasteiger partial charge in [-0.2, -0.15) is 0 Å². The van der Waals surface area contributed by atoms with E-state index in [1.807, 2.05) is 68.4 Å². The summed E-state index contributed by atoms with van der Waals surface area (Å²) in [5, 5.41) is 2.95. The van der Waals surface area contributed by atoms with Crippen molar-refractivity contribution >= 4 is 11.6 Å². The second-order valence-electron chi connectivity index (χ2n) is 7.96. The number of carbonyl (C=O) groups excluding carboxylic acids is 1. The summed E-state index contributed by atoms with van der Waals surface area (Å²) in [5.74, 6) is 1.65. The lowest BCUT2D eigenvalue weighted by atomic mass is 10.0. The molecule has 162 valence electrons. The van der Waals surface area contributed by atoms with Crippen molar-refractivity contribution in [3.05, 3.63) is 83.2 Å². The molecule has 0 aliphatic rings. The van der Waals surface area contributed by atoms with Gasteiger partial charge in [0.1, 0.15) is 11.5 Å². The Hall–Kier alpha value is -3.18. The molecule has 1 amide bonds. The summed E-state index contributed by atoms with van der Waals surface area (Å²) in [7, 11) is 1.68. The van der Waals surface area contributed by atoms with Gasteiger partial charge in [-0.25, -0.2) is 0 Å². The summed E-state index contributed by atoms with van der Waals surface area (Å²) in [5.41, 5.74) is 3.95. The maximum Gasteiger partial charge on any atom is 0.257 e. The van der Waals surface area contributed by atoms with Crippen LogP contribution in [0.3, 0.4) is 0 Å².